The van der Waals surface area contributed by atoms with E-state index in [9.17, 15) is 15.0 Å². The second kappa shape index (κ2) is 8.55. The number of benzene rings is 1. The van der Waals surface area contributed by atoms with Gasteiger partial charge in [0.15, 0.2) is 0 Å². The predicted molar refractivity (Wildman–Crippen MR) is 74.4 cm³/mol. The number of ether oxygens (including phenoxy) is 2. The number of carbonyl (C=O) groups is 1. The second-order valence-electron chi connectivity index (χ2n) is 4.44. The number of hydrogen-bond donors (Lipinski definition) is 2. The van der Waals surface area contributed by atoms with Crippen LogP contribution in [0.5, 0.6) is 5.75 Å². The molecule has 0 aliphatic rings. The summed E-state index contributed by atoms with van der Waals surface area (Å²) in [6.45, 7) is 4.53. The maximum Gasteiger partial charge on any atom is 0.308 e. The molecule has 0 bridgehead atoms. The van der Waals surface area contributed by atoms with E-state index >= 15 is 0 Å². The fourth-order valence-electron chi connectivity index (χ4n) is 1.73. The molecule has 5 heteroatoms. The van der Waals surface area contributed by atoms with Crippen LogP contribution >= 0.6 is 0 Å². The van der Waals surface area contributed by atoms with Gasteiger partial charge in [-0.3, -0.25) is 4.79 Å². The summed E-state index contributed by atoms with van der Waals surface area (Å²) in [7, 11) is 0. The van der Waals surface area contributed by atoms with Crippen molar-refractivity contribution >= 4 is 5.97 Å². The normalized spacial score (nSPS) is 13.6. The Morgan fingerprint density at radius 1 is 1.30 bits per heavy atom. The fraction of sp³-hybridized carbons (Fsp3) is 0.533. The number of carbonyl (C=O) groups excluding carboxylic acids is 1. The van der Waals surface area contributed by atoms with Gasteiger partial charge in [0.05, 0.1) is 25.7 Å². The molecule has 1 rings (SSSR count). The van der Waals surface area contributed by atoms with Crippen LogP contribution in [0.1, 0.15) is 38.4 Å². The molecule has 0 saturated heterocycles. The Hall–Kier alpha value is -1.59. The summed E-state index contributed by atoms with van der Waals surface area (Å²) in [4.78, 5) is 11.3. The van der Waals surface area contributed by atoms with Crippen molar-refractivity contribution in [1.82, 2.24) is 0 Å². The van der Waals surface area contributed by atoms with Crippen molar-refractivity contribution in [2.45, 2.75) is 38.9 Å². The van der Waals surface area contributed by atoms with Gasteiger partial charge in [-0.1, -0.05) is 19.1 Å². The van der Waals surface area contributed by atoms with Crippen LogP contribution in [0, 0.1) is 0 Å². The molecule has 0 radical (unpaired) electrons. The van der Waals surface area contributed by atoms with Gasteiger partial charge in [0.25, 0.3) is 0 Å². The van der Waals surface area contributed by atoms with E-state index in [0.29, 0.717) is 17.9 Å². The molecule has 0 saturated carbocycles. The highest BCUT2D eigenvalue weighted by Crippen LogP contribution is 2.23. The van der Waals surface area contributed by atoms with Crippen molar-refractivity contribution in [3.63, 3.8) is 0 Å². The Morgan fingerprint density at radius 2 is 2.05 bits per heavy atom. The Morgan fingerprint density at radius 3 is 2.70 bits per heavy atom. The highest BCUT2D eigenvalue weighted by atomic mass is 16.5. The van der Waals surface area contributed by atoms with Crippen LogP contribution in [0.4, 0.5) is 0 Å². The lowest BCUT2D eigenvalue weighted by Gasteiger charge is -2.18. The molecule has 0 aliphatic carbocycles. The van der Waals surface area contributed by atoms with Crippen LogP contribution in [-0.2, 0) is 9.53 Å². The zero-order valence-corrected chi connectivity index (χ0v) is 11.9. The largest absolute Gasteiger partial charge is 0.494 e. The highest BCUT2D eigenvalue weighted by Gasteiger charge is 2.22. The average molecular weight is 282 g/mol. The minimum absolute atomic E-state index is 0.241. The molecule has 0 fully saturated rings. The summed E-state index contributed by atoms with van der Waals surface area (Å²) < 4.78 is 10.2. The lowest BCUT2D eigenvalue weighted by Crippen LogP contribution is -2.23. The third-order valence-corrected chi connectivity index (χ3v) is 2.72. The molecule has 0 amide bonds. The van der Waals surface area contributed by atoms with Crippen molar-refractivity contribution in [3.8, 4) is 5.75 Å². The Labute approximate surface area is 119 Å². The number of aliphatic hydroxyl groups is 2. The molecule has 2 unspecified atom stereocenters. The van der Waals surface area contributed by atoms with E-state index in [0.717, 1.165) is 6.42 Å². The van der Waals surface area contributed by atoms with Gasteiger partial charge in [-0.05, 0) is 31.0 Å². The van der Waals surface area contributed by atoms with E-state index in [2.05, 4.69) is 0 Å². The zero-order valence-electron chi connectivity index (χ0n) is 11.9. The van der Waals surface area contributed by atoms with Crippen LogP contribution in [0.3, 0.4) is 0 Å². The van der Waals surface area contributed by atoms with Gasteiger partial charge in [-0.15, -0.1) is 0 Å². The molecule has 0 spiro atoms. The second-order valence-corrected chi connectivity index (χ2v) is 4.44. The third kappa shape index (κ3) is 5.19. The number of rotatable bonds is 8. The molecule has 2 N–H and O–H groups in total. The minimum atomic E-state index is -1.20. The van der Waals surface area contributed by atoms with Crippen LogP contribution in [0.25, 0.3) is 0 Å². The SMILES string of the molecule is CCCOc1cccc(C(O)C(O)CC(=O)OCC)c1. The molecule has 2 atom stereocenters. The number of hydrogen-bond acceptors (Lipinski definition) is 5. The van der Waals surface area contributed by atoms with Gasteiger partial charge in [0.1, 0.15) is 11.9 Å². The van der Waals surface area contributed by atoms with Crippen molar-refractivity contribution < 1.29 is 24.5 Å². The molecule has 5 nitrogen and oxygen atoms in total. The first kappa shape index (κ1) is 16.5. The smallest absolute Gasteiger partial charge is 0.308 e. The molecule has 1 aromatic rings. The molecule has 0 aromatic heterocycles. The molecule has 1 aromatic carbocycles. The van der Waals surface area contributed by atoms with Gasteiger partial charge >= 0.3 is 5.97 Å². The molecule has 0 heterocycles. The van der Waals surface area contributed by atoms with E-state index in [4.69, 9.17) is 9.47 Å². The standard InChI is InChI=1S/C15H22O5/c1-3-8-20-12-7-5-6-11(9-12)15(18)13(16)10-14(17)19-4-2/h5-7,9,13,15-16,18H,3-4,8,10H2,1-2H3. The predicted octanol–water partition coefficient (Wildman–Crippen LogP) is 1.82. The van der Waals surface area contributed by atoms with Gasteiger partial charge in [0.2, 0.25) is 0 Å². The van der Waals surface area contributed by atoms with E-state index in [1.54, 1.807) is 31.2 Å². The maximum absolute atomic E-state index is 11.3. The lowest BCUT2D eigenvalue weighted by molar-refractivity contribution is -0.147. The Balaban J connectivity index is 2.65. The van der Waals surface area contributed by atoms with Gasteiger partial charge in [-0.25, -0.2) is 0 Å². The summed E-state index contributed by atoms with van der Waals surface area (Å²) in [5, 5.41) is 19.9. The Kier molecular flexibility index (Phi) is 7.04. The summed E-state index contributed by atoms with van der Waals surface area (Å²) in [5.74, 6) is 0.101. The average Bonchev–Trinajstić information content (AvgIpc) is 2.44. The zero-order chi connectivity index (χ0) is 15.0. The molecular weight excluding hydrogens is 260 g/mol. The van der Waals surface area contributed by atoms with E-state index in [1.165, 1.54) is 0 Å². The fourth-order valence-corrected chi connectivity index (χ4v) is 1.73. The molecule has 20 heavy (non-hydrogen) atoms. The van der Waals surface area contributed by atoms with E-state index < -0.39 is 18.2 Å². The van der Waals surface area contributed by atoms with Crippen molar-refractivity contribution in [1.29, 1.82) is 0 Å². The van der Waals surface area contributed by atoms with Gasteiger partial charge < -0.3 is 19.7 Å². The molecule has 0 aliphatic heterocycles. The first-order valence-corrected chi connectivity index (χ1v) is 6.83. The van der Waals surface area contributed by atoms with Gasteiger partial charge in [0, 0.05) is 0 Å². The molecular formula is C15H22O5. The monoisotopic (exact) mass is 282 g/mol. The summed E-state index contributed by atoms with van der Waals surface area (Å²) in [6.07, 6.45) is -1.70. The maximum atomic E-state index is 11.3. The van der Waals surface area contributed by atoms with Gasteiger partial charge in [-0.2, -0.15) is 0 Å². The first-order chi connectivity index (χ1) is 9.58. The van der Waals surface area contributed by atoms with Crippen LogP contribution in [0.15, 0.2) is 24.3 Å². The van der Waals surface area contributed by atoms with Crippen LogP contribution < -0.4 is 4.74 Å². The number of esters is 1. The summed E-state index contributed by atoms with van der Waals surface area (Å²) in [5.41, 5.74) is 0.510. The van der Waals surface area contributed by atoms with E-state index in [-0.39, 0.29) is 13.0 Å². The van der Waals surface area contributed by atoms with Crippen molar-refractivity contribution in [2.75, 3.05) is 13.2 Å². The summed E-state index contributed by atoms with van der Waals surface area (Å²) in [6, 6.07) is 6.86. The first-order valence-electron chi connectivity index (χ1n) is 6.83. The quantitative estimate of drug-likeness (QED) is 0.711. The van der Waals surface area contributed by atoms with E-state index in [1.807, 2.05) is 6.92 Å². The Bertz CT molecular complexity index is 418. The lowest BCUT2D eigenvalue weighted by atomic mass is 10.0. The van der Waals surface area contributed by atoms with Crippen LogP contribution in [-0.4, -0.2) is 35.5 Å². The number of aliphatic hydroxyl groups excluding tert-OH is 2. The van der Waals surface area contributed by atoms with Crippen molar-refractivity contribution in [3.05, 3.63) is 29.8 Å². The third-order valence-electron chi connectivity index (χ3n) is 2.72. The topological polar surface area (TPSA) is 76.0 Å². The van der Waals surface area contributed by atoms with Crippen LogP contribution in [0.2, 0.25) is 0 Å². The summed E-state index contributed by atoms with van der Waals surface area (Å²) >= 11 is 0. The molecule has 112 valence electrons. The minimum Gasteiger partial charge on any atom is -0.494 e. The highest BCUT2D eigenvalue weighted by molar-refractivity contribution is 5.70. The van der Waals surface area contributed by atoms with Crippen molar-refractivity contribution in [2.24, 2.45) is 0 Å².